The van der Waals surface area contributed by atoms with E-state index < -0.39 is 0 Å². The molecule has 0 aromatic carbocycles. The lowest BCUT2D eigenvalue weighted by Crippen LogP contribution is -2.33. The van der Waals surface area contributed by atoms with Crippen LogP contribution in [0.5, 0.6) is 0 Å². The van der Waals surface area contributed by atoms with Crippen LogP contribution >= 0.6 is 0 Å². The Hall–Kier alpha value is -2.44. The molecule has 7 heteroatoms. The van der Waals surface area contributed by atoms with Gasteiger partial charge in [-0.05, 0) is 12.8 Å². The largest absolute Gasteiger partial charge is 0.356 e. The molecule has 0 bridgehead atoms. The Morgan fingerprint density at radius 3 is 2.58 bits per heavy atom. The fraction of sp³-hybridized carbons (Fsp3) is 0.529. The minimum atomic E-state index is 0.0859. The maximum absolute atomic E-state index is 12.4. The summed E-state index contributed by atoms with van der Waals surface area (Å²) in [5.41, 5.74) is 1.84. The maximum atomic E-state index is 12.4. The molecular formula is C17H20N6O. The summed E-state index contributed by atoms with van der Waals surface area (Å²) in [5, 5.41) is 6.58. The van der Waals surface area contributed by atoms with E-state index in [-0.39, 0.29) is 5.91 Å². The van der Waals surface area contributed by atoms with E-state index >= 15 is 0 Å². The van der Waals surface area contributed by atoms with Crippen molar-refractivity contribution in [1.82, 2.24) is 25.1 Å². The lowest BCUT2D eigenvalue weighted by atomic mass is 10.0. The summed E-state index contributed by atoms with van der Waals surface area (Å²) in [6, 6.07) is 2.16. The molecule has 2 saturated heterocycles. The van der Waals surface area contributed by atoms with E-state index in [4.69, 9.17) is 0 Å². The molecule has 4 heterocycles. The second kappa shape index (κ2) is 5.29. The van der Waals surface area contributed by atoms with Crippen molar-refractivity contribution in [2.24, 2.45) is 11.8 Å². The second-order valence-electron chi connectivity index (χ2n) is 7.20. The van der Waals surface area contributed by atoms with E-state index in [2.05, 4.69) is 31.1 Å². The molecule has 2 unspecified atom stereocenters. The maximum Gasteiger partial charge on any atom is 0.257 e. The van der Waals surface area contributed by atoms with E-state index in [0.717, 1.165) is 32.0 Å². The number of hydrogen-bond donors (Lipinski definition) is 1. The van der Waals surface area contributed by atoms with Crippen molar-refractivity contribution >= 4 is 11.7 Å². The quantitative estimate of drug-likeness (QED) is 0.920. The highest BCUT2D eigenvalue weighted by Crippen LogP contribution is 2.40. The molecule has 2 aromatic heterocycles. The highest BCUT2D eigenvalue weighted by molar-refractivity contribution is 5.93. The van der Waals surface area contributed by atoms with Crippen molar-refractivity contribution in [2.45, 2.75) is 18.8 Å². The molecule has 2 aromatic rings. The Balaban J connectivity index is 1.27. The third-order valence-corrected chi connectivity index (χ3v) is 5.51. The average molecular weight is 324 g/mol. The molecule has 24 heavy (non-hydrogen) atoms. The Morgan fingerprint density at radius 2 is 1.92 bits per heavy atom. The van der Waals surface area contributed by atoms with Crippen LogP contribution < -0.4 is 4.90 Å². The van der Waals surface area contributed by atoms with E-state index in [9.17, 15) is 4.79 Å². The highest BCUT2D eigenvalue weighted by Gasteiger charge is 2.42. The molecule has 3 fully saturated rings. The molecule has 3 aliphatic rings. The molecule has 7 nitrogen and oxygen atoms in total. The number of amides is 1. The highest BCUT2D eigenvalue weighted by atomic mass is 16.2. The number of rotatable bonds is 3. The number of carbonyl (C=O) groups is 1. The lowest BCUT2D eigenvalue weighted by Gasteiger charge is -2.22. The van der Waals surface area contributed by atoms with Gasteiger partial charge in [-0.2, -0.15) is 5.10 Å². The standard InChI is InChI=1S/C17H20N6O/c24-17(12-4-20-21-5-12)23-8-13-6-22(7-14(13)9-23)16-3-15(11-1-2-11)18-10-19-16/h3-5,10-11,13-14H,1-2,6-9H2,(H,20,21). The molecular weight excluding hydrogens is 304 g/mol. The number of likely N-dealkylation sites (tertiary alicyclic amines) is 1. The summed E-state index contributed by atoms with van der Waals surface area (Å²) in [6.07, 6.45) is 7.48. The van der Waals surface area contributed by atoms with Gasteiger partial charge in [-0.15, -0.1) is 0 Å². The number of H-pyrrole nitrogens is 1. The smallest absolute Gasteiger partial charge is 0.257 e. The zero-order valence-electron chi connectivity index (χ0n) is 13.4. The van der Waals surface area contributed by atoms with Crippen LogP contribution in [0.25, 0.3) is 0 Å². The number of nitrogens with one attached hydrogen (secondary N) is 1. The van der Waals surface area contributed by atoms with Gasteiger partial charge in [-0.25, -0.2) is 9.97 Å². The van der Waals surface area contributed by atoms with Crippen LogP contribution in [-0.2, 0) is 0 Å². The summed E-state index contributed by atoms with van der Waals surface area (Å²) in [4.78, 5) is 25.7. The van der Waals surface area contributed by atoms with Crippen LogP contribution in [0.3, 0.4) is 0 Å². The third kappa shape index (κ3) is 2.35. The normalized spacial score (nSPS) is 26.0. The molecule has 1 N–H and O–H groups in total. The Labute approximate surface area is 140 Å². The summed E-state index contributed by atoms with van der Waals surface area (Å²) in [5.74, 6) is 2.84. The predicted octanol–water partition coefficient (Wildman–Crippen LogP) is 1.29. The first-order chi connectivity index (χ1) is 11.8. The zero-order valence-corrected chi connectivity index (χ0v) is 13.4. The molecule has 2 aliphatic heterocycles. The van der Waals surface area contributed by atoms with Gasteiger partial charge >= 0.3 is 0 Å². The lowest BCUT2D eigenvalue weighted by molar-refractivity contribution is 0.0782. The number of aromatic nitrogens is 4. The minimum absolute atomic E-state index is 0.0859. The molecule has 0 spiro atoms. The van der Waals surface area contributed by atoms with Gasteiger partial charge in [0.1, 0.15) is 12.1 Å². The first kappa shape index (κ1) is 13.9. The van der Waals surface area contributed by atoms with Crippen molar-refractivity contribution in [3.63, 3.8) is 0 Å². The molecule has 1 amide bonds. The number of anilines is 1. The molecule has 2 atom stereocenters. The topological polar surface area (TPSA) is 78.0 Å². The van der Waals surface area contributed by atoms with Crippen LogP contribution in [0.15, 0.2) is 24.8 Å². The van der Waals surface area contributed by atoms with Crippen LogP contribution in [-0.4, -0.2) is 57.2 Å². The molecule has 0 radical (unpaired) electrons. The number of nitrogens with zero attached hydrogens (tertiary/aromatic N) is 5. The zero-order chi connectivity index (χ0) is 16.1. The van der Waals surface area contributed by atoms with Crippen molar-refractivity contribution in [2.75, 3.05) is 31.1 Å². The van der Waals surface area contributed by atoms with E-state index in [0.29, 0.717) is 23.3 Å². The van der Waals surface area contributed by atoms with Crippen molar-refractivity contribution in [1.29, 1.82) is 0 Å². The molecule has 5 rings (SSSR count). The summed E-state index contributed by atoms with van der Waals surface area (Å²) in [6.45, 7) is 3.60. The number of fused-ring (bicyclic) bond motifs is 1. The van der Waals surface area contributed by atoms with Gasteiger partial charge in [-0.3, -0.25) is 9.89 Å². The Kier molecular flexibility index (Phi) is 3.08. The van der Waals surface area contributed by atoms with Gasteiger partial charge in [0, 0.05) is 61.9 Å². The van der Waals surface area contributed by atoms with Crippen molar-refractivity contribution in [3.05, 3.63) is 36.0 Å². The first-order valence-corrected chi connectivity index (χ1v) is 8.63. The average Bonchev–Trinajstić information content (AvgIpc) is 2.99. The summed E-state index contributed by atoms with van der Waals surface area (Å²) >= 11 is 0. The number of aromatic amines is 1. The molecule has 1 aliphatic carbocycles. The fourth-order valence-electron chi connectivity index (χ4n) is 4.03. The first-order valence-electron chi connectivity index (χ1n) is 8.63. The SMILES string of the molecule is O=C(c1cn[nH]c1)N1CC2CN(c3cc(C4CC4)ncn3)CC2C1. The van der Waals surface area contributed by atoms with Crippen molar-refractivity contribution in [3.8, 4) is 0 Å². The van der Waals surface area contributed by atoms with E-state index in [1.54, 1.807) is 18.7 Å². The van der Waals surface area contributed by atoms with Gasteiger partial charge < -0.3 is 9.80 Å². The van der Waals surface area contributed by atoms with Crippen LogP contribution in [0, 0.1) is 11.8 Å². The number of carbonyl (C=O) groups excluding carboxylic acids is 1. The van der Waals surface area contributed by atoms with Crippen LogP contribution in [0.1, 0.15) is 34.8 Å². The monoisotopic (exact) mass is 324 g/mol. The van der Waals surface area contributed by atoms with Gasteiger partial charge in [0.25, 0.3) is 5.91 Å². The van der Waals surface area contributed by atoms with E-state index in [1.807, 2.05) is 4.90 Å². The number of hydrogen-bond acceptors (Lipinski definition) is 5. The third-order valence-electron chi connectivity index (χ3n) is 5.51. The Bertz CT molecular complexity index is 742. The minimum Gasteiger partial charge on any atom is -0.356 e. The van der Waals surface area contributed by atoms with Crippen LogP contribution in [0.2, 0.25) is 0 Å². The van der Waals surface area contributed by atoms with Gasteiger partial charge in [-0.1, -0.05) is 0 Å². The fourth-order valence-corrected chi connectivity index (χ4v) is 4.03. The van der Waals surface area contributed by atoms with E-state index in [1.165, 1.54) is 18.5 Å². The Morgan fingerprint density at radius 1 is 1.12 bits per heavy atom. The second-order valence-corrected chi connectivity index (χ2v) is 7.20. The van der Waals surface area contributed by atoms with Crippen molar-refractivity contribution < 1.29 is 4.79 Å². The van der Waals surface area contributed by atoms with Gasteiger partial charge in [0.05, 0.1) is 11.8 Å². The van der Waals surface area contributed by atoms with Gasteiger partial charge in [0.15, 0.2) is 0 Å². The molecule has 1 saturated carbocycles. The molecule has 124 valence electrons. The van der Waals surface area contributed by atoms with Gasteiger partial charge in [0.2, 0.25) is 0 Å². The predicted molar refractivity (Wildman–Crippen MR) is 87.7 cm³/mol. The summed E-state index contributed by atoms with van der Waals surface area (Å²) in [7, 11) is 0. The summed E-state index contributed by atoms with van der Waals surface area (Å²) < 4.78 is 0. The van der Waals surface area contributed by atoms with Crippen LogP contribution in [0.4, 0.5) is 5.82 Å².